The molecule has 1 aliphatic heterocycles. The predicted octanol–water partition coefficient (Wildman–Crippen LogP) is 5.64. The first kappa shape index (κ1) is 17.5. The third-order valence-electron chi connectivity index (χ3n) is 4.54. The number of aromatic nitrogens is 1. The summed E-state index contributed by atoms with van der Waals surface area (Å²) >= 11 is 1.62. The molecule has 3 heterocycles. The molecule has 0 radical (unpaired) electrons. The van der Waals surface area contributed by atoms with Gasteiger partial charge in [-0.05, 0) is 42.3 Å². The maximum atomic E-state index is 14.1. The highest BCUT2D eigenvalue weighted by atomic mass is 32.1. The Hall–Kier alpha value is -2.86. The molecule has 0 saturated heterocycles. The van der Waals surface area contributed by atoms with Crippen molar-refractivity contribution in [1.82, 2.24) is 9.88 Å². The zero-order chi connectivity index (χ0) is 19.0. The number of allylic oxidation sites excluding steroid dienone is 2. The van der Waals surface area contributed by atoms with E-state index in [0.29, 0.717) is 17.4 Å². The fraction of sp³-hybridized carbons (Fsp3) is 0.190. The molecule has 27 heavy (non-hydrogen) atoms. The second kappa shape index (κ2) is 7.04. The molecular formula is C21H20FN3OS. The normalized spacial score (nSPS) is 17.1. The lowest BCUT2D eigenvalue weighted by Crippen LogP contribution is -2.01. The van der Waals surface area contributed by atoms with Gasteiger partial charge in [-0.15, -0.1) is 11.3 Å². The SMILES string of the molecule is CC1CC=CN(C)C=C1c1cc2nccc(Oc3ccc(N)cc3F)c2s1. The highest BCUT2D eigenvalue weighted by Gasteiger charge is 2.18. The van der Waals surface area contributed by atoms with Crippen molar-refractivity contribution in [2.45, 2.75) is 13.3 Å². The maximum Gasteiger partial charge on any atom is 0.167 e. The summed E-state index contributed by atoms with van der Waals surface area (Å²) in [7, 11) is 2.03. The van der Waals surface area contributed by atoms with Crippen LogP contribution in [0.15, 0.2) is 55.0 Å². The molecule has 0 aliphatic carbocycles. The van der Waals surface area contributed by atoms with Crippen LogP contribution in [-0.4, -0.2) is 16.9 Å². The van der Waals surface area contributed by atoms with E-state index in [9.17, 15) is 4.39 Å². The van der Waals surface area contributed by atoms with Crippen LogP contribution in [-0.2, 0) is 0 Å². The minimum atomic E-state index is -0.482. The van der Waals surface area contributed by atoms with E-state index in [1.807, 2.05) is 7.05 Å². The van der Waals surface area contributed by atoms with Crippen molar-refractivity contribution >= 4 is 32.8 Å². The highest BCUT2D eigenvalue weighted by molar-refractivity contribution is 7.20. The average molecular weight is 381 g/mol. The molecule has 0 fully saturated rings. The minimum Gasteiger partial charge on any atom is -0.453 e. The summed E-state index contributed by atoms with van der Waals surface area (Å²) in [5, 5.41) is 0. The summed E-state index contributed by atoms with van der Waals surface area (Å²) in [6.07, 6.45) is 9.07. The van der Waals surface area contributed by atoms with Gasteiger partial charge < -0.3 is 15.4 Å². The zero-order valence-electron chi connectivity index (χ0n) is 15.1. The number of nitrogens with two attached hydrogens (primary N) is 1. The van der Waals surface area contributed by atoms with E-state index in [2.05, 4.69) is 41.3 Å². The Morgan fingerprint density at radius 2 is 2.11 bits per heavy atom. The summed E-state index contributed by atoms with van der Waals surface area (Å²) in [4.78, 5) is 7.68. The monoisotopic (exact) mass is 381 g/mol. The molecule has 1 aliphatic rings. The number of nitrogen functional groups attached to an aromatic ring is 1. The Bertz CT molecular complexity index is 1060. The Balaban J connectivity index is 1.74. The lowest BCUT2D eigenvalue weighted by Gasteiger charge is -2.13. The fourth-order valence-corrected chi connectivity index (χ4v) is 4.30. The van der Waals surface area contributed by atoms with Gasteiger partial charge in [-0.2, -0.15) is 0 Å². The molecule has 0 saturated carbocycles. The highest BCUT2D eigenvalue weighted by Crippen LogP contribution is 2.40. The number of rotatable bonds is 3. The smallest absolute Gasteiger partial charge is 0.167 e. The molecular weight excluding hydrogens is 361 g/mol. The lowest BCUT2D eigenvalue weighted by atomic mass is 9.97. The van der Waals surface area contributed by atoms with E-state index in [0.717, 1.165) is 21.5 Å². The van der Waals surface area contributed by atoms with E-state index in [4.69, 9.17) is 10.5 Å². The van der Waals surface area contributed by atoms with Crippen LogP contribution >= 0.6 is 11.3 Å². The van der Waals surface area contributed by atoms with Gasteiger partial charge in [0.2, 0.25) is 0 Å². The van der Waals surface area contributed by atoms with Crippen LogP contribution in [0.2, 0.25) is 0 Å². The van der Waals surface area contributed by atoms with E-state index >= 15 is 0 Å². The first-order chi connectivity index (χ1) is 13.0. The number of anilines is 1. The van der Waals surface area contributed by atoms with Gasteiger partial charge in [-0.3, -0.25) is 4.98 Å². The quantitative estimate of drug-likeness (QED) is 0.597. The molecule has 4 rings (SSSR count). The predicted molar refractivity (Wildman–Crippen MR) is 109 cm³/mol. The summed E-state index contributed by atoms with van der Waals surface area (Å²) < 4.78 is 20.9. The molecule has 6 heteroatoms. The number of ether oxygens (including phenoxy) is 1. The van der Waals surface area contributed by atoms with Gasteiger partial charge in [0.15, 0.2) is 11.6 Å². The van der Waals surface area contributed by atoms with Crippen molar-refractivity contribution in [2.75, 3.05) is 12.8 Å². The number of pyridine rings is 1. The zero-order valence-corrected chi connectivity index (χ0v) is 16.0. The third kappa shape index (κ3) is 3.53. The number of benzene rings is 1. The first-order valence-corrected chi connectivity index (χ1v) is 9.55. The Morgan fingerprint density at radius 3 is 2.93 bits per heavy atom. The van der Waals surface area contributed by atoms with E-state index in [-0.39, 0.29) is 5.75 Å². The van der Waals surface area contributed by atoms with Gasteiger partial charge in [-0.1, -0.05) is 13.0 Å². The third-order valence-corrected chi connectivity index (χ3v) is 5.73. The summed E-state index contributed by atoms with van der Waals surface area (Å²) in [6, 6.07) is 8.26. The number of hydrogen-bond donors (Lipinski definition) is 1. The van der Waals surface area contributed by atoms with Gasteiger partial charge in [0.1, 0.15) is 5.75 Å². The van der Waals surface area contributed by atoms with E-state index in [1.165, 1.54) is 11.6 Å². The molecule has 1 aromatic carbocycles. The second-order valence-electron chi connectivity index (χ2n) is 6.70. The van der Waals surface area contributed by atoms with Gasteiger partial charge in [0, 0.05) is 42.1 Å². The van der Waals surface area contributed by atoms with Crippen LogP contribution in [0.3, 0.4) is 0 Å². The van der Waals surface area contributed by atoms with Crippen molar-refractivity contribution in [3.8, 4) is 11.5 Å². The number of nitrogens with zero attached hydrogens (tertiary/aromatic N) is 2. The van der Waals surface area contributed by atoms with Gasteiger partial charge in [-0.25, -0.2) is 4.39 Å². The molecule has 3 aromatic rings. The van der Waals surface area contributed by atoms with E-state index in [1.54, 1.807) is 35.7 Å². The average Bonchev–Trinajstić information content (AvgIpc) is 2.99. The van der Waals surface area contributed by atoms with Gasteiger partial charge >= 0.3 is 0 Å². The standard InChI is InChI=1S/C21H20FN3OS/c1-13-4-3-9-25(2)12-15(13)20-11-17-21(27-20)19(7-8-24-17)26-18-6-5-14(23)10-16(18)22/h3,5-13H,4,23H2,1-2H3. The molecule has 4 nitrogen and oxygen atoms in total. The van der Waals surface area contributed by atoms with Crippen molar-refractivity contribution in [3.05, 3.63) is 65.7 Å². The molecule has 1 atom stereocenters. The molecule has 2 N–H and O–H groups in total. The van der Waals surface area contributed by atoms with Crippen LogP contribution < -0.4 is 10.5 Å². The van der Waals surface area contributed by atoms with Crippen LogP contribution in [0.4, 0.5) is 10.1 Å². The van der Waals surface area contributed by atoms with Gasteiger partial charge in [0.05, 0.1) is 10.2 Å². The number of fused-ring (bicyclic) bond motifs is 1. The number of hydrogen-bond acceptors (Lipinski definition) is 5. The molecule has 138 valence electrons. The molecule has 0 amide bonds. The molecule has 1 unspecified atom stereocenters. The first-order valence-electron chi connectivity index (χ1n) is 8.73. The van der Waals surface area contributed by atoms with Gasteiger partial charge in [0.25, 0.3) is 0 Å². The summed E-state index contributed by atoms with van der Waals surface area (Å²) in [5.74, 6) is 0.661. The lowest BCUT2D eigenvalue weighted by molar-refractivity contribution is 0.447. The van der Waals surface area contributed by atoms with Crippen molar-refractivity contribution in [2.24, 2.45) is 5.92 Å². The Labute approximate surface area is 161 Å². The molecule has 2 aromatic heterocycles. The largest absolute Gasteiger partial charge is 0.453 e. The van der Waals surface area contributed by atoms with E-state index < -0.39 is 5.82 Å². The van der Waals surface area contributed by atoms with Crippen molar-refractivity contribution in [3.63, 3.8) is 0 Å². The Kier molecular flexibility index (Phi) is 4.58. The van der Waals surface area contributed by atoms with Crippen molar-refractivity contribution in [1.29, 1.82) is 0 Å². The van der Waals surface area contributed by atoms with Crippen LogP contribution in [0.25, 0.3) is 15.8 Å². The summed E-state index contributed by atoms with van der Waals surface area (Å²) in [5.41, 5.74) is 8.08. The van der Waals surface area contributed by atoms with Crippen molar-refractivity contribution < 1.29 is 9.13 Å². The second-order valence-corrected chi connectivity index (χ2v) is 7.75. The van der Waals surface area contributed by atoms with Crippen LogP contribution in [0, 0.1) is 11.7 Å². The number of thiophene rings is 1. The minimum absolute atomic E-state index is 0.151. The topological polar surface area (TPSA) is 51.4 Å². The molecule has 0 bridgehead atoms. The summed E-state index contributed by atoms with van der Waals surface area (Å²) in [6.45, 7) is 2.22. The fourth-order valence-electron chi connectivity index (χ4n) is 3.11. The molecule has 0 spiro atoms. The van der Waals surface area contributed by atoms with Crippen LogP contribution in [0.5, 0.6) is 11.5 Å². The maximum absolute atomic E-state index is 14.1. The van der Waals surface area contributed by atoms with Crippen LogP contribution in [0.1, 0.15) is 18.2 Å². The Morgan fingerprint density at radius 1 is 1.26 bits per heavy atom. The number of halogens is 1.